The second kappa shape index (κ2) is 52.2. The van der Waals surface area contributed by atoms with Crippen LogP contribution in [0.15, 0.2) is 310 Å². The molecule has 124 heavy (non-hydrogen) atoms. The summed E-state index contributed by atoms with van der Waals surface area (Å²) in [6, 6.07) is 112. The zero-order chi connectivity index (χ0) is 82.1. The maximum Gasteiger partial charge on any atom is 0.0193 e. The fraction of sp³-hybridized carbons (Fsp3) is 0.312. The van der Waals surface area contributed by atoms with Gasteiger partial charge in [-0.15, -0.1) is 251 Å². The molecule has 0 atom stereocenters. The van der Waals surface area contributed by atoms with Gasteiger partial charge in [0, 0.05) is 144 Å². The van der Waals surface area contributed by atoms with Crippen molar-refractivity contribution in [1.29, 1.82) is 0 Å². The van der Waals surface area contributed by atoms with Gasteiger partial charge in [0.05, 0.1) is 0 Å². The van der Waals surface area contributed by atoms with E-state index in [1.54, 1.807) is 12.4 Å². The molecule has 7 aromatic carbocycles. The minimum absolute atomic E-state index is 0. The van der Waals surface area contributed by atoms with Crippen LogP contribution in [0.25, 0.3) is 78.8 Å². The van der Waals surface area contributed by atoms with E-state index in [9.17, 15) is 0 Å². The van der Waals surface area contributed by atoms with E-state index in [0.29, 0.717) is 27.1 Å². The zero-order valence-electron chi connectivity index (χ0n) is 72.4. The van der Waals surface area contributed by atoms with Crippen molar-refractivity contribution < 1.29 is 101 Å². The molecule has 5 aliphatic rings. The molecule has 5 saturated carbocycles. The van der Waals surface area contributed by atoms with Crippen LogP contribution in [0.5, 0.6) is 0 Å². The van der Waals surface area contributed by atoms with Gasteiger partial charge in [-0.2, -0.15) is 0 Å². The molecule has 0 aliphatic heterocycles. The SMILES string of the molecule is CC1(Cc2cc[c-]c(-c3ccccn3)c2)CCCC1.CC1(Cc2ccc(-c3[c-]cccc3)nc2)CCCC1.CC1(Cc2ccnc(-c3[c-]cccc3)c2)CCCC1.CC1(Cc2ccnc(-c3[c-]cccc3)c2)CCCC1.CC1(Cc2ccnc(-c3[c-]cccc3)c2)CCCC1.[Ir].[Ir].[Ir].[Ir].[Ir].[c-]1ccccc1-c1ccccn1.[c-]1ccccc1-c1ccccn1. The number of nitrogens with zero attached hydrogens (tertiary/aromatic N) is 7. The molecule has 5 aliphatic carbocycles. The summed E-state index contributed by atoms with van der Waals surface area (Å²) in [6.45, 7) is 12.1. The van der Waals surface area contributed by atoms with Gasteiger partial charge in [0.15, 0.2) is 0 Å². The summed E-state index contributed by atoms with van der Waals surface area (Å²) < 4.78 is 0. The summed E-state index contributed by atoms with van der Waals surface area (Å²) in [4.78, 5) is 30.9. The summed E-state index contributed by atoms with van der Waals surface area (Å²) in [5.74, 6) is 0. The Bertz CT molecular complexity index is 4680. The first-order chi connectivity index (χ1) is 58.2. The van der Waals surface area contributed by atoms with E-state index in [4.69, 9.17) is 0 Å². The number of hydrogen-bond donors (Lipinski definition) is 0. The Morgan fingerprint density at radius 2 is 0.435 bits per heavy atom. The minimum Gasteiger partial charge on any atom is -0.305 e. The van der Waals surface area contributed by atoms with Crippen molar-refractivity contribution in [1.82, 2.24) is 34.9 Å². The zero-order valence-corrected chi connectivity index (χ0v) is 84.4. The molecule has 5 radical (unpaired) electrons. The molecule has 0 unspecified atom stereocenters. The number of pyridine rings is 7. The van der Waals surface area contributed by atoms with Crippen LogP contribution >= 0.6 is 0 Å². The van der Waals surface area contributed by atoms with Crippen molar-refractivity contribution >= 4 is 0 Å². The Balaban J connectivity index is 0.000000179. The Hall–Kier alpha value is -8.16. The topological polar surface area (TPSA) is 90.2 Å². The van der Waals surface area contributed by atoms with Gasteiger partial charge >= 0.3 is 0 Å². The maximum atomic E-state index is 4.59. The van der Waals surface area contributed by atoms with Crippen LogP contribution in [-0.2, 0) is 133 Å². The van der Waals surface area contributed by atoms with Crippen molar-refractivity contribution in [3.8, 4) is 78.8 Å². The predicted octanol–water partition coefficient (Wildman–Crippen LogP) is 28.4. The first-order valence-electron chi connectivity index (χ1n) is 43.6. The molecular formula is C112H116Ir5N7-7. The van der Waals surface area contributed by atoms with E-state index in [-0.39, 0.29) is 101 Å². The molecule has 0 N–H and O–H groups in total. The van der Waals surface area contributed by atoms with Crippen LogP contribution in [0.3, 0.4) is 0 Å². The largest absolute Gasteiger partial charge is 0.305 e. The van der Waals surface area contributed by atoms with Gasteiger partial charge in [0.1, 0.15) is 0 Å². The van der Waals surface area contributed by atoms with Crippen LogP contribution < -0.4 is 0 Å². The average molecular weight is 2520 g/mol. The van der Waals surface area contributed by atoms with Gasteiger partial charge < -0.3 is 34.9 Å². The van der Waals surface area contributed by atoms with Gasteiger partial charge in [-0.1, -0.05) is 182 Å². The molecule has 7 heterocycles. The molecule has 651 valence electrons. The summed E-state index contributed by atoms with van der Waals surface area (Å²) in [5.41, 5.74) is 24.1. The van der Waals surface area contributed by atoms with E-state index in [1.165, 1.54) is 188 Å². The summed E-state index contributed by atoms with van der Waals surface area (Å²) in [7, 11) is 0. The minimum atomic E-state index is 0. The van der Waals surface area contributed by atoms with Gasteiger partial charge in [-0.3, -0.25) is 0 Å². The summed E-state index contributed by atoms with van der Waals surface area (Å²) in [6.07, 6.45) is 46.7. The third-order valence-electron chi connectivity index (χ3n) is 24.6. The van der Waals surface area contributed by atoms with E-state index < -0.39 is 0 Å². The molecule has 7 nitrogen and oxygen atoms in total. The molecule has 12 heteroatoms. The normalized spacial score (nSPS) is 15.3. The quantitative estimate of drug-likeness (QED) is 0.0839. The monoisotopic (exact) mass is 2520 g/mol. The van der Waals surface area contributed by atoms with Crippen molar-refractivity contribution in [2.45, 2.75) is 195 Å². The molecule has 14 aromatic rings. The second-order valence-corrected chi connectivity index (χ2v) is 35.1. The number of hydrogen-bond acceptors (Lipinski definition) is 7. The fourth-order valence-electron chi connectivity index (χ4n) is 18.0. The molecule has 7 aromatic heterocycles. The van der Waals surface area contributed by atoms with E-state index in [1.807, 2.05) is 213 Å². The molecule has 5 fully saturated rings. The summed E-state index contributed by atoms with van der Waals surface area (Å²) in [5, 5.41) is 0. The van der Waals surface area contributed by atoms with Crippen molar-refractivity contribution in [3.63, 3.8) is 0 Å². The molecule has 0 spiro atoms. The third-order valence-corrected chi connectivity index (χ3v) is 24.6. The van der Waals surface area contributed by atoms with Crippen LogP contribution in [-0.4, -0.2) is 34.9 Å². The van der Waals surface area contributed by atoms with E-state index >= 15 is 0 Å². The van der Waals surface area contributed by atoms with Gasteiger partial charge in [0.25, 0.3) is 0 Å². The first kappa shape index (κ1) is 101. The van der Waals surface area contributed by atoms with Crippen molar-refractivity contribution in [2.24, 2.45) is 27.1 Å². The third kappa shape index (κ3) is 32.3. The Morgan fingerprint density at radius 1 is 0.202 bits per heavy atom. The molecule has 0 amide bonds. The molecule has 0 saturated heterocycles. The fourth-order valence-corrected chi connectivity index (χ4v) is 18.0. The van der Waals surface area contributed by atoms with Gasteiger partial charge in [-0.05, 0) is 205 Å². The Labute approximate surface area is 809 Å². The number of rotatable bonds is 17. The predicted molar refractivity (Wildman–Crippen MR) is 491 cm³/mol. The molecule has 0 bridgehead atoms. The summed E-state index contributed by atoms with van der Waals surface area (Å²) >= 11 is 0. The van der Waals surface area contributed by atoms with Crippen LogP contribution in [0.2, 0.25) is 0 Å². The van der Waals surface area contributed by atoms with Crippen LogP contribution in [0, 0.1) is 69.5 Å². The van der Waals surface area contributed by atoms with Crippen molar-refractivity contribution in [2.75, 3.05) is 0 Å². The van der Waals surface area contributed by atoms with Crippen LogP contribution in [0.1, 0.15) is 191 Å². The molecule has 19 rings (SSSR count). The van der Waals surface area contributed by atoms with Gasteiger partial charge in [-0.25, -0.2) is 0 Å². The van der Waals surface area contributed by atoms with E-state index in [2.05, 4.69) is 197 Å². The Morgan fingerprint density at radius 3 is 0.685 bits per heavy atom. The number of benzene rings is 7. The van der Waals surface area contributed by atoms with Gasteiger partial charge in [0.2, 0.25) is 0 Å². The average Bonchev–Trinajstić information content (AvgIpc) is 1.61. The standard InChI is InChI=1S/5C18H20N.2C11H8N.5Ir/c1-18(10-3-4-11-18)14-15-7-6-8-16(13-15)17-9-2-5-12-19-17;1-18(11-5-6-12-18)13-15-9-10-17(19-14-15)16-7-3-2-4-8-16;3*1-18(10-5-6-11-18)14-15-9-12-19-17(13-15)16-7-3-2-4-8-16;2*1-2-6-10(7-3-1)11-8-4-5-9-12-11;;;;;/h2,5-7,9,12-13H,3-4,10-11,14H2,1H3;2-4,7,9-10,14H,5-6,11-13H2,1H3;3*2-4,7,9,12-13H,5-6,10-11,14H2,1H3;2*1-6,8-9H;;;;;/q7*-1;;;;;. The van der Waals surface area contributed by atoms with E-state index in [0.717, 1.165) is 78.8 Å². The van der Waals surface area contributed by atoms with Crippen molar-refractivity contribution in [3.05, 3.63) is 381 Å². The Kier molecular flexibility index (Phi) is 42.6. The second-order valence-electron chi connectivity index (χ2n) is 35.1. The molecular weight excluding hydrogens is 2400 g/mol. The van der Waals surface area contributed by atoms with Crippen LogP contribution in [0.4, 0.5) is 0 Å². The smallest absolute Gasteiger partial charge is 0.0193 e. The maximum absolute atomic E-state index is 4.59. The first-order valence-corrected chi connectivity index (χ1v) is 43.6. The number of aromatic nitrogens is 7.